The Labute approximate surface area is 136 Å². The van der Waals surface area contributed by atoms with E-state index < -0.39 is 6.04 Å². The fourth-order valence-corrected chi connectivity index (χ4v) is 2.87. The van der Waals surface area contributed by atoms with Gasteiger partial charge in [-0.3, -0.25) is 9.69 Å². The molecular formula is C14H31Cl2N3O. The van der Waals surface area contributed by atoms with Crippen molar-refractivity contribution in [3.8, 4) is 0 Å². The smallest absolute Gasteiger partial charge is 0.236 e. The van der Waals surface area contributed by atoms with E-state index in [0.717, 1.165) is 6.54 Å². The van der Waals surface area contributed by atoms with Crippen molar-refractivity contribution in [1.82, 2.24) is 10.2 Å². The molecule has 0 aromatic rings. The van der Waals surface area contributed by atoms with Crippen molar-refractivity contribution in [3.05, 3.63) is 0 Å². The van der Waals surface area contributed by atoms with Gasteiger partial charge in [0, 0.05) is 12.6 Å². The van der Waals surface area contributed by atoms with Crippen molar-refractivity contribution in [2.75, 3.05) is 19.6 Å². The molecule has 6 heteroatoms. The molecule has 20 heavy (non-hydrogen) atoms. The van der Waals surface area contributed by atoms with E-state index in [1.165, 1.54) is 38.8 Å². The number of amides is 1. The molecule has 0 aromatic carbocycles. The maximum absolute atomic E-state index is 11.6. The SMILES string of the molecule is CCC(CC)C(CNC(=O)C(C)N)N1CCCC1.Cl.Cl. The topological polar surface area (TPSA) is 58.4 Å². The van der Waals surface area contributed by atoms with Crippen LogP contribution in [-0.4, -0.2) is 42.5 Å². The first-order chi connectivity index (χ1) is 8.60. The summed E-state index contributed by atoms with van der Waals surface area (Å²) in [6, 6.07) is 0.0659. The largest absolute Gasteiger partial charge is 0.353 e. The lowest BCUT2D eigenvalue weighted by molar-refractivity contribution is -0.122. The van der Waals surface area contributed by atoms with Crippen LogP contribution < -0.4 is 11.1 Å². The molecule has 1 aliphatic heterocycles. The molecule has 3 N–H and O–H groups in total. The first kappa shape index (κ1) is 22.3. The second-order valence-corrected chi connectivity index (χ2v) is 5.42. The van der Waals surface area contributed by atoms with Gasteiger partial charge < -0.3 is 11.1 Å². The molecule has 1 amide bonds. The lowest BCUT2D eigenvalue weighted by atomic mass is 9.93. The maximum atomic E-state index is 11.6. The first-order valence-corrected chi connectivity index (χ1v) is 7.37. The Morgan fingerprint density at radius 3 is 2.10 bits per heavy atom. The van der Waals surface area contributed by atoms with E-state index in [1.807, 2.05) is 0 Å². The zero-order chi connectivity index (χ0) is 13.5. The summed E-state index contributed by atoms with van der Waals surface area (Å²) in [5.41, 5.74) is 5.59. The van der Waals surface area contributed by atoms with E-state index in [1.54, 1.807) is 6.92 Å². The molecule has 122 valence electrons. The Morgan fingerprint density at radius 2 is 1.70 bits per heavy atom. The van der Waals surface area contributed by atoms with Crippen LogP contribution in [0.2, 0.25) is 0 Å². The highest BCUT2D eigenvalue weighted by Gasteiger charge is 2.27. The van der Waals surface area contributed by atoms with Crippen molar-refractivity contribution in [2.24, 2.45) is 11.7 Å². The number of hydrogen-bond donors (Lipinski definition) is 2. The highest BCUT2D eigenvalue weighted by Crippen LogP contribution is 2.22. The maximum Gasteiger partial charge on any atom is 0.236 e. The molecule has 2 atom stereocenters. The molecular weight excluding hydrogens is 297 g/mol. The molecule has 0 saturated carbocycles. The molecule has 4 nitrogen and oxygen atoms in total. The highest BCUT2D eigenvalue weighted by molar-refractivity contribution is 5.85. The molecule has 1 saturated heterocycles. The summed E-state index contributed by atoms with van der Waals surface area (Å²) in [6.45, 7) is 9.31. The van der Waals surface area contributed by atoms with Gasteiger partial charge in [-0.15, -0.1) is 24.8 Å². The summed E-state index contributed by atoms with van der Waals surface area (Å²) in [6.07, 6.45) is 4.92. The normalized spacial score (nSPS) is 18.1. The Morgan fingerprint density at radius 1 is 1.20 bits per heavy atom. The van der Waals surface area contributed by atoms with Gasteiger partial charge in [0.1, 0.15) is 0 Å². The number of hydrogen-bond acceptors (Lipinski definition) is 3. The van der Waals surface area contributed by atoms with Crippen molar-refractivity contribution < 1.29 is 4.79 Å². The summed E-state index contributed by atoms with van der Waals surface area (Å²) in [5, 5.41) is 3.00. The van der Waals surface area contributed by atoms with E-state index in [4.69, 9.17) is 5.73 Å². The number of carbonyl (C=O) groups excluding carboxylic acids is 1. The molecule has 2 unspecified atom stereocenters. The van der Waals surface area contributed by atoms with Crippen molar-refractivity contribution in [2.45, 2.75) is 58.5 Å². The zero-order valence-electron chi connectivity index (χ0n) is 12.9. The summed E-state index contributed by atoms with van der Waals surface area (Å²) in [7, 11) is 0. The summed E-state index contributed by atoms with van der Waals surface area (Å²) < 4.78 is 0. The number of rotatable bonds is 7. The van der Waals surface area contributed by atoms with E-state index in [9.17, 15) is 4.79 Å². The Balaban J connectivity index is 0. The Bertz CT molecular complexity index is 253. The predicted octanol–water partition coefficient (Wildman–Crippen LogP) is 2.19. The standard InChI is InChI=1S/C14H29N3O.2ClH/c1-4-12(5-2)13(17-8-6-7-9-17)10-16-14(18)11(3)15;;/h11-13H,4-10,15H2,1-3H3,(H,16,18);2*1H. The number of likely N-dealkylation sites (tertiary alicyclic amines) is 1. The van der Waals surface area contributed by atoms with Gasteiger partial charge in [0.15, 0.2) is 0 Å². The fourth-order valence-electron chi connectivity index (χ4n) is 2.87. The van der Waals surface area contributed by atoms with Gasteiger partial charge in [-0.2, -0.15) is 0 Å². The average Bonchev–Trinajstić information content (AvgIpc) is 2.87. The molecule has 0 aromatic heterocycles. The minimum atomic E-state index is -0.411. The lowest BCUT2D eigenvalue weighted by Gasteiger charge is -2.34. The monoisotopic (exact) mass is 327 g/mol. The molecule has 1 aliphatic rings. The number of nitrogens with one attached hydrogen (secondary N) is 1. The van der Waals surface area contributed by atoms with Crippen LogP contribution >= 0.6 is 24.8 Å². The zero-order valence-corrected chi connectivity index (χ0v) is 14.6. The van der Waals surface area contributed by atoms with Gasteiger partial charge in [-0.05, 0) is 38.8 Å². The number of halogens is 2. The van der Waals surface area contributed by atoms with Gasteiger partial charge in [-0.25, -0.2) is 0 Å². The Hall–Kier alpha value is -0.0300. The summed E-state index contributed by atoms with van der Waals surface area (Å²) in [5.74, 6) is 0.627. The number of nitrogens with two attached hydrogens (primary N) is 1. The van der Waals surface area contributed by atoms with E-state index in [-0.39, 0.29) is 30.7 Å². The Kier molecular flexibility index (Phi) is 12.9. The van der Waals surface area contributed by atoms with Crippen LogP contribution in [-0.2, 0) is 4.79 Å². The fraction of sp³-hybridized carbons (Fsp3) is 0.929. The quantitative estimate of drug-likeness (QED) is 0.753. The van der Waals surface area contributed by atoms with Crippen LogP contribution in [0.15, 0.2) is 0 Å². The van der Waals surface area contributed by atoms with Crippen molar-refractivity contribution in [3.63, 3.8) is 0 Å². The van der Waals surface area contributed by atoms with Crippen LogP contribution in [0.4, 0.5) is 0 Å². The van der Waals surface area contributed by atoms with E-state index in [2.05, 4.69) is 24.1 Å². The van der Waals surface area contributed by atoms with E-state index in [0.29, 0.717) is 12.0 Å². The molecule has 1 heterocycles. The van der Waals surface area contributed by atoms with Gasteiger partial charge in [0.2, 0.25) is 5.91 Å². The van der Waals surface area contributed by atoms with Gasteiger partial charge in [0.25, 0.3) is 0 Å². The second-order valence-electron chi connectivity index (χ2n) is 5.42. The highest BCUT2D eigenvalue weighted by atomic mass is 35.5. The number of nitrogens with zero attached hydrogens (tertiary/aromatic N) is 1. The third kappa shape index (κ3) is 6.61. The van der Waals surface area contributed by atoms with Crippen molar-refractivity contribution in [1.29, 1.82) is 0 Å². The molecule has 0 bridgehead atoms. The molecule has 0 aliphatic carbocycles. The van der Waals surface area contributed by atoms with Crippen LogP contribution in [0.1, 0.15) is 46.5 Å². The second kappa shape index (κ2) is 11.6. The molecule has 0 spiro atoms. The molecule has 1 fully saturated rings. The van der Waals surface area contributed by atoms with Gasteiger partial charge in [-0.1, -0.05) is 26.7 Å². The summed E-state index contributed by atoms with van der Waals surface area (Å²) in [4.78, 5) is 14.1. The van der Waals surface area contributed by atoms with Gasteiger partial charge in [0.05, 0.1) is 6.04 Å². The van der Waals surface area contributed by atoms with Crippen molar-refractivity contribution >= 4 is 30.7 Å². The minimum absolute atomic E-state index is 0. The third-order valence-corrected chi connectivity index (χ3v) is 4.10. The summed E-state index contributed by atoms with van der Waals surface area (Å²) >= 11 is 0. The molecule has 0 radical (unpaired) electrons. The third-order valence-electron chi connectivity index (χ3n) is 4.10. The van der Waals surface area contributed by atoms with E-state index >= 15 is 0 Å². The number of carbonyl (C=O) groups is 1. The lowest BCUT2D eigenvalue weighted by Crippen LogP contribution is -2.49. The van der Waals surface area contributed by atoms with Crippen LogP contribution in [0.3, 0.4) is 0 Å². The first-order valence-electron chi connectivity index (χ1n) is 7.37. The van der Waals surface area contributed by atoms with Crippen LogP contribution in [0, 0.1) is 5.92 Å². The van der Waals surface area contributed by atoms with Crippen LogP contribution in [0.25, 0.3) is 0 Å². The van der Waals surface area contributed by atoms with Crippen LogP contribution in [0.5, 0.6) is 0 Å². The predicted molar refractivity (Wildman–Crippen MR) is 89.8 cm³/mol. The average molecular weight is 328 g/mol. The minimum Gasteiger partial charge on any atom is -0.353 e. The molecule has 1 rings (SSSR count). The van der Waals surface area contributed by atoms with Gasteiger partial charge >= 0.3 is 0 Å².